The van der Waals surface area contributed by atoms with Gasteiger partial charge in [0, 0.05) is 35.3 Å². The number of non-ortho nitro benzene ring substituents is 1. The maximum atomic E-state index is 13.3. The van der Waals surface area contributed by atoms with E-state index in [1.807, 2.05) is 40.6 Å². The van der Waals surface area contributed by atoms with Gasteiger partial charge in [-0.1, -0.05) is 24.3 Å². The maximum absolute atomic E-state index is 13.3. The van der Waals surface area contributed by atoms with Crippen LogP contribution in [-0.2, 0) is 6.42 Å². The second kappa shape index (κ2) is 6.86. The van der Waals surface area contributed by atoms with Gasteiger partial charge in [-0.05, 0) is 47.2 Å². The lowest BCUT2D eigenvalue weighted by atomic mass is 9.92. The molecular weight excluding hydrogens is 386 g/mol. The predicted molar refractivity (Wildman–Crippen MR) is 112 cm³/mol. The van der Waals surface area contributed by atoms with Gasteiger partial charge in [0.15, 0.2) is 0 Å². The van der Waals surface area contributed by atoms with Gasteiger partial charge < -0.3 is 9.88 Å². The van der Waals surface area contributed by atoms with Crippen molar-refractivity contribution in [3.8, 4) is 0 Å². The number of amides is 1. The Labute approximate surface area is 170 Å². The second-order valence-electron chi connectivity index (χ2n) is 7.04. The number of rotatable bonds is 3. The van der Waals surface area contributed by atoms with Crippen LogP contribution in [-0.4, -0.2) is 27.3 Å². The molecule has 0 bridgehead atoms. The monoisotopic (exact) mass is 403 g/mol. The minimum absolute atomic E-state index is 0.0207. The standard InChI is InChI=1S/C22H17N3O3S/c26-22(19-6-3-13-29-19)24-12-11-17-16-4-1-2-5-18(16)23-20(17)21(24)14-7-9-15(10-8-14)25(27)28/h1-10,13,21,23H,11-12H2/t21-/m0/s1. The van der Waals surface area contributed by atoms with E-state index >= 15 is 0 Å². The molecule has 2 aromatic carbocycles. The van der Waals surface area contributed by atoms with E-state index in [-0.39, 0.29) is 17.6 Å². The van der Waals surface area contributed by atoms with E-state index in [0.29, 0.717) is 11.4 Å². The fourth-order valence-corrected chi connectivity index (χ4v) is 4.81. The minimum Gasteiger partial charge on any atom is -0.356 e. The molecule has 0 saturated heterocycles. The van der Waals surface area contributed by atoms with Crippen molar-refractivity contribution in [2.45, 2.75) is 12.5 Å². The van der Waals surface area contributed by atoms with E-state index in [0.717, 1.165) is 28.6 Å². The summed E-state index contributed by atoms with van der Waals surface area (Å²) in [6, 6.07) is 18.0. The van der Waals surface area contributed by atoms with Crippen LogP contribution in [0.3, 0.4) is 0 Å². The number of nitro benzene ring substituents is 1. The highest BCUT2D eigenvalue weighted by Crippen LogP contribution is 2.39. The first-order valence-electron chi connectivity index (χ1n) is 9.32. The Balaban J connectivity index is 1.66. The molecule has 6 nitrogen and oxygen atoms in total. The zero-order valence-electron chi connectivity index (χ0n) is 15.4. The first-order chi connectivity index (χ1) is 14.1. The van der Waals surface area contributed by atoms with Gasteiger partial charge in [-0.15, -0.1) is 11.3 Å². The second-order valence-corrected chi connectivity index (χ2v) is 7.99. The molecule has 0 aliphatic carbocycles. The number of fused-ring (bicyclic) bond motifs is 3. The van der Waals surface area contributed by atoms with Crippen LogP contribution in [0.15, 0.2) is 66.0 Å². The number of nitrogens with zero attached hydrogens (tertiary/aromatic N) is 2. The fraction of sp³-hybridized carbons (Fsp3) is 0.136. The number of thiophene rings is 1. The minimum atomic E-state index is -0.409. The molecule has 1 amide bonds. The van der Waals surface area contributed by atoms with Crippen LogP contribution in [0, 0.1) is 10.1 Å². The SMILES string of the molecule is O=C(c1cccs1)N1CCc2c([nH]c3ccccc23)[C@@H]1c1ccc([N+](=O)[O-])cc1. The number of carbonyl (C=O) groups excluding carboxylic acids is 1. The summed E-state index contributed by atoms with van der Waals surface area (Å²) in [7, 11) is 0. The number of hydrogen-bond donors (Lipinski definition) is 1. The molecule has 0 fully saturated rings. The maximum Gasteiger partial charge on any atom is 0.269 e. The molecule has 1 aliphatic heterocycles. The highest BCUT2D eigenvalue weighted by atomic mass is 32.1. The number of nitrogens with one attached hydrogen (secondary N) is 1. The summed E-state index contributed by atoms with van der Waals surface area (Å²) < 4.78 is 0. The molecular formula is C22H17N3O3S. The largest absolute Gasteiger partial charge is 0.356 e. The van der Waals surface area contributed by atoms with Crippen LogP contribution in [0.1, 0.15) is 32.5 Å². The van der Waals surface area contributed by atoms with E-state index in [2.05, 4.69) is 11.1 Å². The first-order valence-corrected chi connectivity index (χ1v) is 10.2. The highest BCUT2D eigenvalue weighted by molar-refractivity contribution is 7.12. The summed E-state index contributed by atoms with van der Waals surface area (Å²) in [5.74, 6) is -0.0207. The van der Waals surface area contributed by atoms with Gasteiger partial charge in [0.2, 0.25) is 0 Å². The van der Waals surface area contributed by atoms with Crippen molar-refractivity contribution in [2.75, 3.05) is 6.54 Å². The number of benzene rings is 2. The lowest BCUT2D eigenvalue weighted by molar-refractivity contribution is -0.384. The molecule has 1 N–H and O–H groups in total. The van der Waals surface area contributed by atoms with Crippen molar-refractivity contribution in [2.24, 2.45) is 0 Å². The third-order valence-corrected chi connectivity index (χ3v) is 6.30. The molecule has 5 rings (SSSR count). The molecule has 1 aliphatic rings. The van der Waals surface area contributed by atoms with Crippen molar-refractivity contribution >= 4 is 33.8 Å². The number of hydrogen-bond acceptors (Lipinski definition) is 4. The molecule has 7 heteroatoms. The van der Waals surface area contributed by atoms with Gasteiger partial charge in [-0.3, -0.25) is 14.9 Å². The van der Waals surface area contributed by atoms with E-state index in [9.17, 15) is 14.9 Å². The third-order valence-electron chi connectivity index (χ3n) is 5.45. The summed E-state index contributed by atoms with van der Waals surface area (Å²) >= 11 is 1.42. The Hall–Kier alpha value is -3.45. The van der Waals surface area contributed by atoms with Crippen LogP contribution in [0.4, 0.5) is 5.69 Å². The van der Waals surface area contributed by atoms with E-state index in [4.69, 9.17) is 0 Å². The topological polar surface area (TPSA) is 79.2 Å². The van der Waals surface area contributed by atoms with Gasteiger partial charge in [-0.25, -0.2) is 0 Å². The lowest BCUT2D eigenvalue weighted by Gasteiger charge is -2.36. The van der Waals surface area contributed by atoms with Gasteiger partial charge >= 0.3 is 0 Å². The van der Waals surface area contributed by atoms with Crippen molar-refractivity contribution in [3.63, 3.8) is 0 Å². The molecule has 0 radical (unpaired) electrons. The molecule has 29 heavy (non-hydrogen) atoms. The molecule has 144 valence electrons. The number of aromatic amines is 1. The summed E-state index contributed by atoms with van der Waals surface area (Å²) in [5.41, 5.74) is 4.12. The van der Waals surface area contributed by atoms with Gasteiger partial charge in [0.25, 0.3) is 11.6 Å². The molecule has 0 unspecified atom stereocenters. The van der Waals surface area contributed by atoms with Crippen molar-refractivity contribution < 1.29 is 9.72 Å². The zero-order valence-corrected chi connectivity index (χ0v) is 16.2. The van der Waals surface area contributed by atoms with Crippen molar-refractivity contribution in [1.29, 1.82) is 0 Å². The van der Waals surface area contributed by atoms with Gasteiger partial charge in [0.05, 0.1) is 15.8 Å². The van der Waals surface area contributed by atoms with E-state index in [1.165, 1.54) is 29.0 Å². The van der Waals surface area contributed by atoms with Crippen LogP contribution in [0.2, 0.25) is 0 Å². The molecule has 3 heterocycles. The molecule has 0 saturated carbocycles. The summed E-state index contributed by atoms with van der Waals surface area (Å²) in [4.78, 5) is 30.0. The highest BCUT2D eigenvalue weighted by Gasteiger charge is 2.35. The molecule has 1 atom stereocenters. The van der Waals surface area contributed by atoms with Crippen molar-refractivity contribution in [3.05, 3.63) is 97.9 Å². The average Bonchev–Trinajstić information content (AvgIpc) is 3.40. The van der Waals surface area contributed by atoms with E-state index in [1.54, 1.807) is 12.1 Å². The first kappa shape index (κ1) is 17.6. The summed E-state index contributed by atoms with van der Waals surface area (Å²) in [5, 5.41) is 14.1. The number of carbonyl (C=O) groups is 1. The Morgan fingerprint density at radius 1 is 1.10 bits per heavy atom. The van der Waals surface area contributed by atoms with Crippen LogP contribution in [0.5, 0.6) is 0 Å². The fourth-order valence-electron chi connectivity index (χ4n) is 4.13. The number of H-pyrrole nitrogens is 1. The molecule has 4 aromatic rings. The lowest BCUT2D eigenvalue weighted by Crippen LogP contribution is -2.40. The Kier molecular flexibility index (Phi) is 4.17. The van der Waals surface area contributed by atoms with Crippen molar-refractivity contribution in [1.82, 2.24) is 9.88 Å². The normalized spacial score (nSPS) is 16.0. The van der Waals surface area contributed by atoms with Crippen LogP contribution in [0.25, 0.3) is 10.9 Å². The number of nitro groups is 1. The van der Waals surface area contributed by atoms with Gasteiger partial charge in [0.1, 0.15) is 0 Å². The van der Waals surface area contributed by atoms with Crippen LogP contribution >= 0.6 is 11.3 Å². The Morgan fingerprint density at radius 2 is 1.90 bits per heavy atom. The molecule has 0 spiro atoms. The quantitative estimate of drug-likeness (QED) is 0.389. The average molecular weight is 403 g/mol. The zero-order chi connectivity index (χ0) is 20.0. The van der Waals surface area contributed by atoms with Crippen LogP contribution < -0.4 is 0 Å². The predicted octanol–water partition coefficient (Wildman–Crippen LogP) is 4.93. The molecule has 2 aromatic heterocycles. The summed E-state index contributed by atoms with van der Waals surface area (Å²) in [6.07, 6.45) is 0.764. The smallest absolute Gasteiger partial charge is 0.269 e. The number of aromatic nitrogens is 1. The summed E-state index contributed by atoms with van der Waals surface area (Å²) in [6.45, 7) is 0.591. The van der Waals surface area contributed by atoms with Gasteiger partial charge in [-0.2, -0.15) is 0 Å². The Bertz CT molecular complexity index is 1210. The number of para-hydroxylation sites is 1. The third kappa shape index (κ3) is 2.91. The van der Waals surface area contributed by atoms with E-state index < -0.39 is 4.92 Å². The Morgan fingerprint density at radius 3 is 2.62 bits per heavy atom.